The molecule has 148 valence electrons. The molecule has 1 amide bonds. The van der Waals surface area contributed by atoms with E-state index in [0.29, 0.717) is 11.3 Å². The summed E-state index contributed by atoms with van der Waals surface area (Å²) in [6.45, 7) is 3.63. The Kier molecular flexibility index (Phi) is 6.20. The Hall–Kier alpha value is -3.00. The van der Waals surface area contributed by atoms with Crippen molar-refractivity contribution in [2.75, 3.05) is 25.5 Å². The quantitative estimate of drug-likeness (QED) is 0.587. The van der Waals surface area contributed by atoms with Gasteiger partial charge in [0.25, 0.3) is 11.6 Å². The summed E-state index contributed by atoms with van der Waals surface area (Å²) in [5.74, 6) is -0.195. The molecule has 1 aromatic heterocycles. The van der Waals surface area contributed by atoms with Crippen LogP contribution in [0.1, 0.15) is 41.9 Å². The summed E-state index contributed by atoms with van der Waals surface area (Å²) in [6, 6.07) is 10.1. The van der Waals surface area contributed by atoms with E-state index in [2.05, 4.69) is 15.6 Å². The Labute approximate surface area is 164 Å². The first-order valence-corrected chi connectivity index (χ1v) is 9.41. The monoisotopic (exact) mass is 383 g/mol. The number of aromatic nitrogens is 1. The van der Waals surface area contributed by atoms with Gasteiger partial charge in [-0.1, -0.05) is 6.07 Å². The van der Waals surface area contributed by atoms with Gasteiger partial charge in [-0.05, 0) is 57.1 Å². The van der Waals surface area contributed by atoms with Gasteiger partial charge in [0.1, 0.15) is 5.69 Å². The van der Waals surface area contributed by atoms with E-state index >= 15 is 0 Å². The molecule has 0 bridgehead atoms. The molecule has 1 saturated heterocycles. The zero-order valence-electron chi connectivity index (χ0n) is 16.1. The number of hydrogen-bond donors (Lipinski definition) is 2. The highest BCUT2D eigenvalue weighted by molar-refractivity contribution is 5.95. The van der Waals surface area contributed by atoms with Gasteiger partial charge in [-0.3, -0.25) is 19.9 Å². The lowest BCUT2D eigenvalue weighted by Crippen LogP contribution is -2.43. The van der Waals surface area contributed by atoms with E-state index in [0.717, 1.165) is 31.6 Å². The maximum Gasteiger partial charge on any atom is 0.293 e. The second kappa shape index (κ2) is 8.79. The summed E-state index contributed by atoms with van der Waals surface area (Å²) in [4.78, 5) is 29.9. The van der Waals surface area contributed by atoms with Gasteiger partial charge in [-0.25, -0.2) is 0 Å². The van der Waals surface area contributed by atoms with E-state index in [1.165, 1.54) is 6.07 Å². The highest BCUT2D eigenvalue weighted by Crippen LogP contribution is 2.29. The second-order valence-corrected chi connectivity index (χ2v) is 7.01. The number of nitro groups is 1. The summed E-state index contributed by atoms with van der Waals surface area (Å²) < 4.78 is 0. The smallest absolute Gasteiger partial charge is 0.293 e. The molecule has 2 aromatic rings. The van der Waals surface area contributed by atoms with Crippen LogP contribution in [0.4, 0.5) is 11.4 Å². The lowest BCUT2D eigenvalue weighted by atomic mass is 10.0. The van der Waals surface area contributed by atoms with Crippen molar-refractivity contribution in [3.8, 4) is 0 Å². The van der Waals surface area contributed by atoms with Gasteiger partial charge >= 0.3 is 0 Å². The number of pyridine rings is 1. The van der Waals surface area contributed by atoms with Crippen LogP contribution in [0.2, 0.25) is 0 Å². The molecular weight excluding hydrogens is 358 g/mol. The minimum absolute atomic E-state index is 0.118. The van der Waals surface area contributed by atoms with Crippen molar-refractivity contribution in [3.63, 3.8) is 0 Å². The number of anilines is 1. The van der Waals surface area contributed by atoms with Crippen molar-refractivity contribution >= 4 is 17.3 Å². The average molecular weight is 383 g/mol. The van der Waals surface area contributed by atoms with Crippen molar-refractivity contribution in [2.45, 2.75) is 31.8 Å². The van der Waals surface area contributed by atoms with Gasteiger partial charge in [0.15, 0.2) is 0 Å². The van der Waals surface area contributed by atoms with Gasteiger partial charge < -0.3 is 15.5 Å². The maximum atomic E-state index is 12.8. The predicted molar refractivity (Wildman–Crippen MR) is 107 cm³/mol. The fourth-order valence-electron chi connectivity index (χ4n) is 3.44. The summed E-state index contributed by atoms with van der Waals surface area (Å²) in [5.41, 5.74) is 1.35. The Balaban J connectivity index is 1.80. The number of benzene rings is 1. The van der Waals surface area contributed by atoms with Crippen LogP contribution in [-0.2, 0) is 0 Å². The lowest BCUT2D eigenvalue weighted by molar-refractivity contribution is -0.384. The van der Waals surface area contributed by atoms with Gasteiger partial charge in [-0.15, -0.1) is 0 Å². The van der Waals surface area contributed by atoms with Crippen LogP contribution < -0.4 is 10.6 Å². The molecule has 2 heterocycles. The zero-order chi connectivity index (χ0) is 20.1. The number of piperidine rings is 1. The van der Waals surface area contributed by atoms with Crippen LogP contribution in [0, 0.1) is 10.1 Å². The highest BCUT2D eigenvalue weighted by atomic mass is 16.6. The topological polar surface area (TPSA) is 100 Å². The molecule has 1 aliphatic rings. The third-order valence-electron chi connectivity index (χ3n) is 5.12. The molecule has 1 unspecified atom stereocenters. The van der Waals surface area contributed by atoms with Gasteiger partial charge in [-0.2, -0.15) is 0 Å². The van der Waals surface area contributed by atoms with Crippen LogP contribution in [0.15, 0.2) is 42.6 Å². The third-order valence-corrected chi connectivity index (χ3v) is 5.12. The minimum Gasteiger partial charge on any atom is -0.371 e. The number of carbonyl (C=O) groups excluding carboxylic acids is 1. The van der Waals surface area contributed by atoms with Gasteiger partial charge in [0, 0.05) is 30.9 Å². The fourth-order valence-corrected chi connectivity index (χ4v) is 3.44. The van der Waals surface area contributed by atoms with Gasteiger partial charge in [0.2, 0.25) is 0 Å². The molecule has 8 heteroatoms. The molecular formula is C20H25N5O3. The van der Waals surface area contributed by atoms with Crippen molar-refractivity contribution in [1.82, 2.24) is 15.2 Å². The fraction of sp³-hybridized carbons (Fsp3) is 0.400. The average Bonchev–Trinajstić information content (AvgIpc) is 2.74. The van der Waals surface area contributed by atoms with Crippen molar-refractivity contribution in [2.24, 2.45) is 0 Å². The molecule has 2 N–H and O–H groups in total. The molecule has 1 fully saturated rings. The normalized spacial score (nSPS) is 15.6. The standard InChI is InChI=1S/C20H25N5O3/c1-14(17-5-3-4-10-22-17)23-18-7-6-15(13-19(18)25(27)28)20(26)24(2)16-8-11-21-12-9-16/h3-7,10,13-14,16,21,23H,8-9,11-12H2,1-2H3. The molecule has 1 aliphatic heterocycles. The van der Waals surface area contributed by atoms with E-state index in [1.54, 1.807) is 30.3 Å². The Morgan fingerprint density at radius 3 is 2.71 bits per heavy atom. The predicted octanol–water partition coefficient (Wildman–Crippen LogP) is 2.99. The minimum atomic E-state index is -0.464. The van der Waals surface area contributed by atoms with Crippen molar-refractivity contribution in [3.05, 3.63) is 64.0 Å². The molecule has 0 saturated carbocycles. The summed E-state index contributed by atoms with van der Waals surface area (Å²) >= 11 is 0. The third kappa shape index (κ3) is 4.45. The molecule has 0 radical (unpaired) electrons. The number of carbonyl (C=O) groups is 1. The molecule has 0 spiro atoms. The zero-order valence-corrected chi connectivity index (χ0v) is 16.1. The first-order chi connectivity index (χ1) is 13.5. The van der Waals surface area contributed by atoms with E-state index in [-0.39, 0.29) is 23.7 Å². The van der Waals surface area contributed by atoms with Crippen LogP contribution in [0.3, 0.4) is 0 Å². The Morgan fingerprint density at radius 1 is 1.32 bits per heavy atom. The first-order valence-electron chi connectivity index (χ1n) is 9.41. The Bertz CT molecular complexity index is 837. The molecule has 8 nitrogen and oxygen atoms in total. The molecule has 3 rings (SSSR count). The van der Waals surface area contributed by atoms with Gasteiger partial charge in [0.05, 0.1) is 16.7 Å². The van der Waals surface area contributed by atoms with Crippen LogP contribution in [0.25, 0.3) is 0 Å². The lowest BCUT2D eigenvalue weighted by Gasteiger charge is -2.31. The van der Waals surface area contributed by atoms with Crippen LogP contribution in [-0.4, -0.2) is 46.9 Å². The molecule has 1 aromatic carbocycles. The second-order valence-electron chi connectivity index (χ2n) is 7.01. The van der Waals surface area contributed by atoms with E-state index in [1.807, 2.05) is 25.1 Å². The van der Waals surface area contributed by atoms with E-state index < -0.39 is 4.92 Å². The Morgan fingerprint density at radius 2 is 2.07 bits per heavy atom. The van der Waals surface area contributed by atoms with Crippen molar-refractivity contribution < 1.29 is 9.72 Å². The number of nitrogens with zero attached hydrogens (tertiary/aromatic N) is 3. The number of nitrogens with one attached hydrogen (secondary N) is 2. The summed E-state index contributed by atoms with van der Waals surface area (Å²) in [5, 5.41) is 18.0. The van der Waals surface area contributed by atoms with Crippen LogP contribution >= 0.6 is 0 Å². The molecule has 28 heavy (non-hydrogen) atoms. The first kappa shape index (κ1) is 19.8. The summed E-state index contributed by atoms with van der Waals surface area (Å²) in [7, 11) is 1.76. The van der Waals surface area contributed by atoms with Crippen molar-refractivity contribution in [1.29, 1.82) is 0 Å². The SMILES string of the molecule is CC(Nc1ccc(C(=O)N(C)C2CCNCC2)cc1[N+](=O)[O-])c1ccccn1. The van der Waals surface area contributed by atoms with E-state index in [9.17, 15) is 14.9 Å². The number of amides is 1. The van der Waals surface area contributed by atoms with Crippen LogP contribution in [0.5, 0.6) is 0 Å². The molecule has 1 atom stereocenters. The number of hydrogen-bond acceptors (Lipinski definition) is 6. The summed E-state index contributed by atoms with van der Waals surface area (Å²) in [6.07, 6.45) is 3.44. The molecule has 0 aliphatic carbocycles. The number of rotatable bonds is 6. The number of nitro benzene ring substituents is 1. The maximum absolute atomic E-state index is 12.8. The highest BCUT2D eigenvalue weighted by Gasteiger charge is 2.25. The largest absolute Gasteiger partial charge is 0.371 e. The van der Waals surface area contributed by atoms with E-state index in [4.69, 9.17) is 0 Å².